The number of nitrogens with zero attached hydrogens (tertiary/aromatic N) is 2. The number of anilines is 1. The summed E-state index contributed by atoms with van der Waals surface area (Å²) in [7, 11) is 0. The lowest BCUT2D eigenvalue weighted by Crippen LogP contribution is -2.02. The Morgan fingerprint density at radius 1 is 1.35 bits per heavy atom. The number of nitriles is 1. The van der Waals surface area contributed by atoms with Gasteiger partial charge in [-0.15, -0.1) is 6.58 Å². The number of aryl methyl sites for hydroxylation is 2. The lowest BCUT2D eigenvalue weighted by molar-refractivity contribution is 0.438. The number of nitrogen functional groups attached to an aromatic ring is 1. The van der Waals surface area contributed by atoms with Crippen LogP contribution >= 0.6 is 0 Å². The van der Waals surface area contributed by atoms with Gasteiger partial charge in [-0.2, -0.15) is 5.26 Å². The smallest absolute Gasteiger partial charge is 0.224 e. The maximum Gasteiger partial charge on any atom is 0.224 e. The van der Waals surface area contributed by atoms with E-state index in [9.17, 15) is 0 Å². The minimum atomic E-state index is 0.446. The number of aromatic nitrogens is 1. The fourth-order valence-electron chi connectivity index (χ4n) is 1.96. The maximum absolute atomic E-state index is 9.11. The molecule has 0 bridgehead atoms. The lowest BCUT2D eigenvalue weighted by Gasteiger charge is -2.11. The molecule has 4 nitrogen and oxygen atoms in total. The van der Waals surface area contributed by atoms with Gasteiger partial charge < -0.3 is 10.5 Å². The molecular weight excluding hydrogens is 250 g/mol. The summed E-state index contributed by atoms with van der Waals surface area (Å²) in [4.78, 5) is 0. The van der Waals surface area contributed by atoms with Crippen LogP contribution in [-0.2, 0) is 6.54 Å². The minimum absolute atomic E-state index is 0.446. The van der Waals surface area contributed by atoms with Crippen molar-refractivity contribution in [1.29, 1.82) is 5.26 Å². The van der Waals surface area contributed by atoms with Gasteiger partial charge in [0.25, 0.3) is 0 Å². The molecule has 1 heterocycles. The zero-order chi connectivity index (χ0) is 14.7. The third-order valence-electron chi connectivity index (χ3n) is 3.19. The van der Waals surface area contributed by atoms with E-state index in [4.69, 9.17) is 15.7 Å². The molecule has 0 aliphatic rings. The van der Waals surface area contributed by atoms with E-state index >= 15 is 0 Å². The Labute approximate surface area is 118 Å². The van der Waals surface area contributed by atoms with Gasteiger partial charge in [-0.05, 0) is 37.1 Å². The number of hydrogen-bond acceptors (Lipinski definition) is 3. The molecule has 20 heavy (non-hydrogen) atoms. The van der Waals surface area contributed by atoms with Gasteiger partial charge in [-0.3, -0.25) is 4.57 Å². The Morgan fingerprint density at radius 2 is 2.10 bits per heavy atom. The first-order chi connectivity index (χ1) is 9.56. The number of nitrogens with two attached hydrogens (primary N) is 1. The third kappa shape index (κ3) is 2.52. The number of rotatable bonds is 4. The van der Waals surface area contributed by atoms with Crippen molar-refractivity contribution in [1.82, 2.24) is 4.57 Å². The largest absolute Gasteiger partial charge is 0.439 e. The molecule has 0 aliphatic heterocycles. The molecule has 4 heteroatoms. The summed E-state index contributed by atoms with van der Waals surface area (Å²) in [5.74, 6) is 1.18. The Bertz CT molecular complexity index is 692. The average molecular weight is 267 g/mol. The van der Waals surface area contributed by atoms with Gasteiger partial charge in [0.15, 0.2) is 0 Å². The van der Waals surface area contributed by atoms with Crippen LogP contribution in [0.1, 0.15) is 16.8 Å². The van der Waals surface area contributed by atoms with Crippen molar-refractivity contribution in [3.63, 3.8) is 0 Å². The zero-order valence-corrected chi connectivity index (χ0v) is 11.7. The van der Waals surface area contributed by atoms with Gasteiger partial charge >= 0.3 is 0 Å². The summed E-state index contributed by atoms with van der Waals surface area (Å²) in [6.07, 6.45) is 1.70. The van der Waals surface area contributed by atoms with Gasteiger partial charge in [0, 0.05) is 12.6 Å². The number of ether oxygens (including phenoxy) is 1. The molecular formula is C16H17N3O. The standard InChI is InChI=1S/C16H17N3O/c1-4-7-19-13(10-17)9-15(18)16(19)20-14-6-5-11(2)12(3)8-14/h4-6,8-9H,1,7,18H2,2-3H3. The summed E-state index contributed by atoms with van der Waals surface area (Å²) in [5, 5.41) is 9.11. The van der Waals surface area contributed by atoms with Gasteiger partial charge in [-0.25, -0.2) is 0 Å². The quantitative estimate of drug-likeness (QED) is 0.862. The molecule has 0 aliphatic carbocycles. The fraction of sp³-hybridized carbons (Fsp3) is 0.188. The van der Waals surface area contributed by atoms with Crippen molar-refractivity contribution in [3.8, 4) is 17.7 Å². The summed E-state index contributed by atoms with van der Waals surface area (Å²) < 4.78 is 7.56. The van der Waals surface area contributed by atoms with E-state index in [1.54, 1.807) is 16.7 Å². The highest BCUT2D eigenvalue weighted by Gasteiger charge is 2.14. The van der Waals surface area contributed by atoms with Crippen LogP contribution in [0.15, 0.2) is 36.9 Å². The molecule has 2 N–H and O–H groups in total. The highest BCUT2D eigenvalue weighted by atomic mass is 16.5. The van der Waals surface area contributed by atoms with E-state index < -0.39 is 0 Å². The van der Waals surface area contributed by atoms with Crippen molar-refractivity contribution in [2.45, 2.75) is 20.4 Å². The highest BCUT2D eigenvalue weighted by molar-refractivity contribution is 5.56. The predicted octanol–water partition coefficient (Wildman–Crippen LogP) is 3.54. The van der Waals surface area contributed by atoms with E-state index in [0.29, 0.717) is 29.6 Å². The topological polar surface area (TPSA) is 64.0 Å². The van der Waals surface area contributed by atoms with E-state index in [1.807, 2.05) is 32.0 Å². The molecule has 2 aromatic rings. The molecule has 0 saturated heterocycles. The van der Waals surface area contributed by atoms with Crippen LogP contribution in [0.25, 0.3) is 0 Å². The Balaban J connectivity index is 2.42. The Hall–Kier alpha value is -2.67. The number of hydrogen-bond donors (Lipinski definition) is 1. The Morgan fingerprint density at radius 3 is 2.70 bits per heavy atom. The summed E-state index contributed by atoms with van der Waals surface area (Å²) >= 11 is 0. The van der Waals surface area contributed by atoms with E-state index in [2.05, 4.69) is 12.6 Å². The van der Waals surface area contributed by atoms with E-state index in [0.717, 1.165) is 5.56 Å². The van der Waals surface area contributed by atoms with Crippen LogP contribution < -0.4 is 10.5 Å². The average Bonchev–Trinajstić information content (AvgIpc) is 2.71. The maximum atomic E-state index is 9.11. The summed E-state index contributed by atoms with van der Waals surface area (Å²) in [5.41, 5.74) is 9.18. The van der Waals surface area contributed by atoms with Crippen LogP contribution in [0.2, 0.25) is 0 Å². The second kappa shape index (κ2) is 5.54. The van der Waals surface area contributed by atoms with Crippen LogP contribution in [0, 0.1) is 25.2 Å². The van der Waals surface area contributed by atoms with Crippen molar-refractivity contribution >= 4 is 5.69 Å². The van der Waals surface area contributed by atoms with Gasteiger partial charge in [-0.1, -0.05) is 12.1 Å². The summed E-state index contributed by atoms with van der Waals surface area (Å²) in [6.45, 7) is 8.23. The summed E-state index contributed by atoms with van der Waals surface area (Å²) in [6, 6.07) is 9.55. The van der Waals surface area contributed by atoms with Crippen molar-refractivity contribution in [2.24, 2.45) is 0 Å². The SMILES string of the molecule is C=CCn1c(C#N)cc(N)c1Oc1ccc(C)c(C)c1. The predicted molar refractivity (Wildman–Crippen MR) is 79.7 cm³/mol. The molecule has 0 saturated carbocycles. The molecule has 102 valence electrons. The molecule has 1 aromatic carbocycles. The first kappa shape index (κ1) is 13.8. The van der Waals surface area contributed by atoms with Crippen LogP contribution in [0.4, 0.5) is 5.69 Å². The molecule has 0 radical (unpaired) electrons. The van der Waals surface area contributed by atoms with Crippen LogP contribution in [-0.4, -0.2) is 4.57 Å². The normalized spacial score (nSPS) is 10.1. The molecule has 2 rings (SSSR count). The van der Waals surface area contributed by atoms with E-state index in [1.165, 1.54) is 5.56 Å². The molecule has 0 atom stereocenters. The second-order valence-corrected chi connectivity index (χ2v) is 4.65. The molecule has 0 amide bonds. The Kier molecular flexibility index (Phi) is 3.81. The van der Waals surface area contributed by atoms with Gasteiger partial charge in [0.2, 0.25) is 5.88 Å². The van der Waals surface area contributed by atoms with Gasteiger partial charge in [0.05, 0.1) is 5.69 Å². The monoisotopic (exact) mass is 267 g/mol. The van der Waals surface area contributed by atoms with Crippen molar-refractivity contribution < 1.29 is 4.74 Å². The first-order valence-electron chi connectivity index (χ1n) is 6.32. The zero-order valence-electron chi connectivity index (χ0n) is 11.7. The number of allylic oxidation sites excluding steroid dienone is 1. The third-order valence-corrected chi connectivity index (χ3v) is 3.19. The van der Waals surface area contributed by atoms with Gasteiger partial charge in [0.1, 0.15) is 17.5 Å². The van der Waals surface area contributed by atoms with Crippen molar-refractivity contribution in [2.75, 3.05) is 5.73 Å². The lowest BCUT2D eigenvalue weighted by atomic mass is 10.1. The molecule has 0 unspecified atom stereocenters. The van der Waals surface area contributed by atoms with Crippen molar-refractivity contribution in [3.05, 3.63) is 53.7 Å². The molecule has 1 aromatic heterocycles. The van der Waals surface area contributed by atoms with E-state index in [-0.39, 0.29) is 0 Å². The minimum Gasteiger partial charge on any atom is -0.439 e. The number of benzene rings is 1. The molecule has 0 fully saturated rings. The highest BCUT2D eigenvalue weighted by Crippen LogP contribution is 2.31. The second-order valence-electron chi connectivity index (χ2n) is 4.65. The fourth-order valence-corrected chi connectivity index (χ4v) is 1.96. The molecule has 0 spiro atoms. The van der Waals surface area contributed by atoms with Crippen LogP contribution in [0.5, 0.6) is 11.6 Å². The first-order valence-corrected chi connectivity index (χ1v) is 6.32. The van der Waals surface area contributed by atoms with Crippen LogP contribution in [0.3, 0.4) is 0 Å².